The van der Waals surface area contributed by atoms with Gasteiger partial charge >= 0.3 is 6.18 Å². The van der Waals surface area contributed by atoms with Crippen LogP contribution in [0.5, 0.6) is 0 Å². The largest absolute Gasteiger partial charge is 0.405 e. The maximum absolute atomic E-state index is 11.8. The first kappa shape index (κ1) is 17.7. The summed E-state index contributed by atoms with van der Waals surface area (Å²) in [5, 5.41) is 6.91. The molecule has 0 saturated heterocycles. The van der Waals surface area contributed by atoms with E-state index in [4.69, 9.17) is 0 Å². The Balaban J connectivity index is 3.86. The Kier molecular flexibility index (Phi) is 7.43. The number of amides is 2. The molecule has 2 amide bonds. The Labute approximate surface area is 110 Å². The van der Waals surface area contributed by atoms with Crippen LogP contribution in [0.3, 0.4) is 0 Å². The molecular weight excluding hydrogens is 263 g/mol. The first-order valence-electron chi connectivity index (χ1n) is 5.96. The van der Waals surface area contributed by atoms with Crippen LogP contribution < -0.4 is 16.0 Å². The third-order valence-electron chi connectivity index (χ3n) is 2.13. The van der Waals surface area contributed by atoms with Crippen molar-refractivity contribution >= 4 is 11.8 Å². The molecule has 0 aromatic heterocycles. The summed E-state index contributed by atoms with van der Waals surface area (Å²) in [6, 6.07) is -0.643. The average Bonchev–Trinajstić information content (AvgIpc) is 2.29. The lowest BCUT2D eigenvalue weighted by atomic mass is 10.2. The number of nitrogens with one attached hydrogen (secondary N) is 3. The summed E-state index contributed by atoms with van der Waals surface area (Å²) < 4.78 is 35.5. The molecule has 5 nitrogen and oxygen atoms in total. The average molecular weight is 283 g/mol. The Morgan fingerprint density at radius 1 is 1.11 bits per heavy atom. The molecule has 0 heterocycles. The lowest BCUT2D eigenvalue weighted by Crippen LogP contribution is -2.47. The third kappa shape index (κ3) is 10.3. The van der Waals surface area contributed by atoms with Crippen molar-refractivity contribution in [3.63, 3.8) is 0 Å². The summed E-state index contributed by atoms with van der Waals surface area (Å²) in [7, 11) is 0. The van der Waals surface area contributed by atoms with Crippen molar-refractivity contribution in [2.24, 2.45) is 5.92 Å². The van der Waals surface area contributed by atoms with E-state index in [0.717, 1.165) is 0 Å². The van der Waals surface area contributed by atoms with Crippen LogP contribution in [0.1, 0.15) is 20.8 Å². The molecule has 0 bridgehead atoms. The highest BCUT2D eigenvalue weighted by atomic mass is 19.4. The molecule has 8 heteroatoms. The molecule has 0 aliphatic heterocycles. The first-order valence-corrected chi connectivity index (χ1v) is 5.96. The highest BCUT2D eigenvalue weighted by molar-refractivity contribution is 5.83. The summed E-state index contributed by atoms with van der Waals surface area (Å²) in [6.45, 7) is 4.19. The van der Waals surface area contributed by atoms with Crippen molar-refractivity contribution in [2.45, 2.75) is 33.0 Å². The molecule has 0 spiro atoms. The lowest BCUT2D eigenvalue weighted by Gasteiger charge is -2.15. The van der Waals surface area contributed by atoms with Crippen molar-refractivity contribution in [1.82, 2.24) is 16.0 Å². The lowest BCUT2D eigenvalue weighted by molar-refractivity contribution is -0.138. The maximum Gasteiger partial charge on any atom is 0.405 e. The predicted molar refractivity (Wildman–Crippen MR) is 64.4 cm³/mol. The standard InChI is InChI=1S/C11H20F3N3O2/c1-7(2)4-16-10(19)8(3)15-5-9(18)17-6-11(12,13)14/h7-8,15H,4-6H2,1-3H3,(H,16,19)(H,17,18). The molecule has 1 atom stereocenters. The van der Waals surface area contributed by atoms with Gasteiger partial charge in [0.25, 0.3) is 0 Å². The molecule has 0 aromatic carbocycles. The highest BCUT2D eigenvalue weighted by Crippen LogP contribution is 2.11. The number of alkyl halides is 3. The normalized spacial score (nSPS) is 13.2. The minimum atomic E-state index is -4.43. The van der Waals surface area contributed by atoms with Gasteiger partial charge < -0.3 is 10.6 Å². The van der Waals surface area contributed by atoms with E-state index in [1.54, 1.807) is 5.32 Å². The molecule has 1 unspecified atom stereocenters. The van der Waals surface area contributed by atoms with Crippen LogP contribution in [0.2, 0.25) is 0 Å². The van der Waals surface area contributed by atoms with E-state index in [2.05, 4.69) is 10.6 Å². The van der Waals surface area contributed by atoms with Crippen molar-refractivity contribution in [3.8, 4) is 0 Å². The molecule has 0 fully saturated rings. The fourth-order valence-corrected chi connectivity index (χ4v) is 1.06. The fraction of sp³-hybridized carbons (Fsp3) is 0.818. The monoisotopic (exact) mass is 283 g/mol. The van der Waals surface area contributed by atoms with E-state index < -0.39 is 24.7 Å². The Morgan fingerprint density at radius 3 is 2.16 bits per heavy atom. The van der Waals surface area contributed by atoms with Crippen LogP contribution in [0.25, 0.3) is 0 Å². The van der Waals surface area contributed by atoms with Gasteiger partial charge in [-0.2, -0.15) is 13.2 Å². The van der Waals surface area contributed by atoms with Gasteiger partial charge in [-0.25, -0.2) is 0 Å². The van der Waals surface area contributed by atoms with E-state index in [-0.39, 0.29) is 12.5 Å². The quantitative estimate of drug-likeness (QED) is 0.634. The summed E-state index contributed by atoms with van der Waals surface area (Å²) in [5.74, 6) is -0.801. The second-order valence-electron chi connectivity index (χ2n) is 4.63. The van der Waals surface area contributed by atoms with Gasteiger partial charge in [0, 0.05) is 6.54 Å². The maximum atomic E-state index is 11.8. The number of hydrogen-bond acceptors (Lipinski definition) is 3. The van der Waals surface area contributed by atoms with Gasteiger partial charge in [-0.05, 0) is 12.8 Å². The van der Waals surface area contributed by atoms with Gasteiger partial charge in [0.05, 0.1) is 12.6 Å². The zero-order valence-electron chi connectivity index (χ0n) is 11.2. The highest BCUT2D eigenvalue weighted by Gasteiger charge is 2.27. The van der Waals surface area contributed by atoms with Crippen LogP contribution in [-0.4, -0.2) is 43.7 Å². The van der Waals surface area contributed by atoms with E-state index in [1.807, 2.05) is 13.8 Å². The predicted octanol–water partition coefficient (Wildman–Crippen LogP) is 0.415. The zero-order valence-corrected chi connectivity index (χ0v) is 11.2. The second kappa shape index (κ2) is 7.98. The molecule has 0 aromatic rings. The van der Waals surface area contributed by atoms with Gasteiger partial charge in [0.15, 0.2) is 0 Å². The van der Waals surface area contributed by atoms with Gasteiger partial charge in [0.2, 0.25) is 11.8 Å². The van der Waals surface area contributed by atoms with Crippen molar-refractivity contribution < 1.29 is 22.8 Å². The zero-order chi connectivity index (χ0) is 15.1. The summed E-state index contributed by atoms with van der Waals surface area (Å²) in [5.41, 5.74) is 0. The molecular formula is C11H20F3N3O2. The Bertz CT molecular complexity index is 306. The molecule has 0 rings (SSSR count). The van der Waals surface area contributed by atoms with Crippen molar-refractivity contribution in [3.05, 3.63) is 0 Å². The topological polar surface area (TPSA) is 70.2 Å². The summed E-state index contributed by atoms with van der Waals surface area (Å²) in [6.07, 6.45) is -4.43. The van der Waals surface area contributed by atoms with Crippen LogP contribution in [0.15, 0.2) is 0 Å². The van der Waals surface area contributed by atoms with Gasteiger partial charge in [-0.1, -0.05) is 13.8 Å². The van der Waals surface area contributed by atoms with Crippen LogP contribution in [-0.2, 0) is 9.59 Å². The molecule has 0 saturated carbocycles. The minimum absolute atomic E-state index is 0.294. The molecule has 19 heavy (non-hydrogen) atoms. The number of carbonyl (C=O) groups excluding carboxylic acids is 2. The fourth-order valence-electron chi connectivity index (χ4n) is 1.06. The third-order valence-corrected chi connectivity index (χ3v) is 2.13. The van der Waals surface area contributed by atoms with Gasteiger partial charge in [0.1, 0.15) is 6.54 Å². The van der Waals surface area contributed by atoms with E-state index in [1.165, 1.54) is 6.92 Å². The van der Waals surface area contributed by atoms with Crippen molar-refractivity contribution in [1.29, 1.82) is 0 Å². The smallest absolute Gasteiger partial charge is 0.354 e. The van der Waals surface area contributed by atoms with Gasteiger partial charge in [-0.15, -0.1) is 0 Å². The second-order valence-corrected chi connectivity index (χ2v) is 4.63. The number of halogens is 3. The van der Waals surface area contributed by atoms with E-state index >= 15 is 0 Å². The number of carbonyl (C=O) groups is 2. The number of hydrogen-bond donors (Lipinski definition) is 3. The number of rotatable bonds is 7. The minimum Gasteiger partial charge on any atom is -0.354 e. The van der Waals surface area contributed by atoms with Gasteiger partial charge in [-0.3, -0.25) is 14.9 Å². The first-order chi connectivity index (χ1) is 8.61. The summed E-state index contributed by atoms with van der Waals surface area (Å²) >= 11 is 0. The molecule has 0 aliphatic carbocycles. The molecule has 112 valence electrons. The SMILES string of the molecule is CC(C)CNC(=O)C(C)NCC(=O)NCC(F)(F)F. The van der Waals surface area contributed by atoms with Crippen LogP contribution >= 0.6 is 0 Å². The molecule has 0 radical (unpaired) electrons. The van der Waals surface area contributed by atoms with Crippen LogP contribution in [0, 0.1) is 5.92 Å². The Morgan fingerprint density at radius 2 is 1.68 bits per heavy atom. The molecule has 3 N–H and O–H groups in total. The van der Waals surface area contributed by atoms with Crippen LogP contribution in [0.4, 0.5) is 13.2 Å². The van der Waals surface area contributed by atoms with E-state index in [9.17, 15) is 22.8 Å². The summed E-state index contributed by atoms with van der Waals surface area (Å²) in [4.78, 5) is 22.6. The Hall–Kier alpha value is -1.31. The van der Waals surface area contributed by atoms with E-state index in [0.29, 0.717) is 12.5 Å². The van der Waals surface area contributed by atoms with Crippen molar-refractivity contribution in [2.75, 3.05) is 19.6 Å². The molecule has 0 aliphatic rings.